The largest absolute Gasteiger partial charge is 0.277 e. The van der Waals surface area contributed by atoms with Gasteiger partial charge in [-0.2, -0.15) is 0 Å². The molecule has 0 aliphatic rings. The molecule has 80 valence electrons. The molecule has 0 aromatic heterocycles. The van der Waals surface area contributed by atoms with Crippen molar-refractivity contribution in [2.75, 3.05) is 7.11 Å². The highest BCUT2D eigenvalue weighted by Gasteiger charge is 2.14. The molecule has 0 saturated heterocycles. The molecule has 0 radical (unpaired) electrons. The van der Waals surface area contributed by atoms with Crippen molar-refractivity contribution in [2.24, 2.45) is 0 Å². The highest BCUT2D eigenvalue weighted by atomic mass is 127. The van der Waals surface area contributed by atoms with Gasteiger partial charge < -0.3 is 0 Å². The first-order chi connectivity index (χ1) is 7.06. The number of carbonyl (C=O) groups is 1. The molecule has 0 aliphatic heterocycles. The number of nitro groups is 1. The van der Waals surface area contributed by atoms with Crippen LogP contribution in [0, 0.1) is 13.7 Å². The van der Waals surface area contributed by atoms with E-state index in [9.17, 15) is 14.9 Å². The molecule has 0 saturated carbocycles. The Morgan fingerprint density at radius 1 is 1.60 bits per heavy atom. The number of nitrogens with one attached hydrogen (secondary N) is 1. The number of carbonyl (C=O) groups excluding carboxylic acids is 1. The third kappa shape index (κ3) is 2.86. The third-order valence-electron chi connectivity index (χ3n) is 1.60. The van der Waals surface area contributed by atoms with Crippen molar-refractivity contribution in [1.82, 2.24) is 5.48 Å². The van der Waals surface area contributed by atoms with E-state index in [2.05, 4.69) is 10.3 Å². The van der Waals surface area contributed by atoms with Crippen LogP contribution in [0.25, 0.3) is 0 Å². The number of benzene rings is 1. The fraction of sp³-hybridized carbons (Fsp3) is 0.125. The van der Waals surface area contributed by atoms with Gasteiger partial charge in [0.15, 0.2) is 0 Å². The van der Waals surface area contributed by atoms with Gasteiger partial charge in [-0.1, -0.05) is 0 Å². The van der Waals surface area contributed by atoms with E-state index < -0.39 is 10.8 Å². The molecular formula is C8H7IN2O4. The Labute approximate surface area is 98.9 Å². The number of rotatable bonds is 3. The molecular weight excluding hydrogens is 315 g/mol. The standard InChI is InChI=1S/C8H7IN2O4/c1-15-10-8(12)6-4-5(11(13)14)2-3-7(6)9/h2-4H,1H3,(H,10,12). The second-order valence-corrected chi connectivity index (χ2v) is 3.72. The maximum absolute atomic E-state index is 11.4. The summed E-state index contributed by atoms with van der Waals surface area (Å²) < 4.78 is 0.618. The van der Waals surface area contributed by atoms with E-state index >= 15 is 0 Å². The van der Waals surface area contributed by atoms with Gasteiger partial charge in [-0.3, -0.25) is 19.7 Å². The van der Waals surface area contributed by atoms with Crippen molar-refractivity contribution in [3.05, 3.63) is 37.4 Å². The van der Waals surface area contributed by atoms with Crippen LogP contribution in [0.5, 0.6) is 0 Å². The number of amides is 1. The van der Waals surface area contributed by atoms with Crippen LogP contribution in [0.2, 0.25) is 0 Å². The van der Waals surface area contributed by atoms with Gasteiger partial charge in [-0.05, 0) is 28.7 Å². The van der Waals surface area contributed by atoms with Gasteiger partial charge in [0.05, 0.1) is 17.6 Å². The van der Waals surface area contributed by atoms with E-state index in [-0.39, 0.29) is 11.3 Å². The molecule has 0 heterocycles. The Kier molecular flexibility index (Phi) is 3.97. The van der Waals surface area contributed by atoms with Crippen LogP contribution in [0.15, 0.2) is 18.2 Å². The first-order valence-corrected chi connectivity index (χ1v) is 4.91. The average Bonchev–Trinajstić information content (AvgIpc) is 2.18. The smallest absolute Gasteiger partial charge is 0.276 e. The van der Waals surface area contributed by atoms with Gasteiger partial charge in [-0.25, -0.2) is 5.48 Å². The molecule has 0 unspecified atom stereocenters. The van der Waals surface area contributed by atoms with E-state index in [0.717, 1.165) is 0 Å². The van der Waals surface area contributed by atoms with Crippen molar-refractivity contribution >= 4 is 34.2 Å². The van der Waals surface area contributed by atoms with Gasteiger partial charge >= 0.3 is 0 Å². The summed E-state index contributed by atoms with van der Waals surface area (Å²) in [6, 6.07) is 4.05. The van der Waals surface area contributed by atoms with E-state index in [1.807, 2.05) is 22.6 Å². The molecule has 0 atom stereocenters. The first kappa shape index (κ1) is 11.9. The quantitative estimate of drug-likeness (QED) is 0.519. The van der Waals surface area contributed by atoms with E-state index in [4.69, 9.17) is 0 Å². The highest BCUT2D eigenvalue weighted by Crippen LogP contribution is 2.19. The van der Waals surface area contributed by atoms with E-state index in [1.165, 1.54) is 25.3 Å². The normalized spacial score (nSPS) is 9.73. The van der Waals surface area contributed by atoms with Crippen LogP contribution in [0.3, 0.4) is 0 Å². The van der Waals surface area contributed by atoms with Gasteiger partial charge in [0.25, 0.3) is 11.6 Å². The Morgan fingerprint density at radius 3 is 2.80 bits per heavy atom. The number of halogens is 1. The van der Waals surface area contributed by atoms with Gasteiger partial charge in [0, 0.05) is 15.7 Å². The molecule has 6 nitrogen and oxygen atoms in total. The fourth-order valence-electron chi connectivity index (χ4n) is 0.949. The lowest BCUT2D eigenvalue weighted by atomic mass is 10.2. The van der Waals surface area contributed by atoms with Crippen molar-refractivity contribution < 1.29 is 14.6 Å². The molecule has 1 N–H and O–H groups in total. The molecule has 7 heteroatoms. The minimum absolute atomic E-state index is 0.128. The van der Waals surface area contributed by atoms with Crippen molar-refractivity contribution in [2.45, 2.75) is 0 Å². The Balaban J connectivity index is 3.10. The van der Waals surface area contributed by atoms with Crippen molar-refractivity contribution in [3.8, 4) is 0 Å². The molecule has 0 fully saturated rings. The first-order valence-electron chi connectivity index (χ1n) is 3.83. The summed E-state index contributed by atoms with van der Waals surface area (Å²) in [6.07, 6.45) is 0. The molecule has 0 bridgehead atoms. The molecule has 0 aliphatic carbocycles. The SMILES string of the molecule is CONC(=O)c1cc([N+](=O)[O-])ccc1I. The van der Waals surface area contributed by atoms with Gasteiger partial charge in [-0.15, -0.1) is 0 Å². The summed E-state index contributed by atoms with van der Waals surface area (Å²) in [5.74, 6) is -0.509. The van der Waals surface area contributed by atoms with E-state index in [0.29, 0.717) is 3.57 Å². The predicted molar refractivity (Wildman–Crippen MR) is 60.3 cm³/mol. The predicted octanol–water partition coefficient (Wildman–Crippen LogP) is 1.49. The minimum Gasteiger partial charge on any atom is -0.277 e. The Morgan fingerprint density at radius 2 is 2.27 bits per heavy atom. The van der Waals surface area contributed by atoms with Crippen LogP contribution in [0.4, 0.5) is 5.69 Å². The molecule has 1 aromatic carbocycles. The number of hydrogen-bond donors (Lipinski definition) is 1. The number of hydrogen-bond acceptors (Lipinski definition) is 4. The summed E-state index contributed by atoms with van der Waals surface area (Å²) in [4.78, 5) is 25.7. The maximum atomic E-state index is 11.4. The Hall–Kier alpha value is -1.22. The molecule has 15 heavy (non-hydrogen) atoms. The van der Waals surface area contributed by atoms with Crippen LogP contribution in [-0.4, -0.2) is 17.9 Å². The van der Waals surface area contributed by atoms with Crippen LogP contribution < -0.4 is 5.48 Å². The summed E-state index contributed by atoms with van der Waals surface area (Å²) in [5.41, 5.74) is 2.19. The summed E-state index contributed by atoms with van der Waals surface area (Å²) in [7, 11) is 1.29. The van der Waals surface area contributed by atoms with Crippen LogP contribution in [-0.2, 0) is 4.84 Å². The molecule has 1 rings (SSSR count). The number of nitro benzene ring substituents is 1. The number of hydroxylamine groups is 1. The average molecular weight is 322 g/mol. The zero-order valence-electron chi connectivity index (χ0n) is 7.69. The Bertz CT molecular complexity index is 408. The number of nitrogens with zero attached hydrogens (tertiary/aromatic N) is 1. The minimum atomic E-state index is -0.556. The lowest BCUT2D eigenvalue weighted by molar-refractivity contribution is -0.384. The topological polar surface area (TPSA) is 81.5 Å². The van der Waals surface area contributed by atoms with Crippen LogP contribution >= 0.6 is 22.6 Å². The maximum Gasteiger partial charge on any atom is 0.276 e. The zero-order chi connectivity index (χ0) is 11.4. The second kappa shape index (κ2) is 5.03. The monoisotopic (exact) mass is 322 g/mol. The lowest BCUT2D eigenvalue weighted by Crippen LogP contribution is -2.22. The fourth-order valence-corrected chi connectivity index (χ4v) is 1.53. The van der Waals surface area contributed by atoms with Crippen molar-refractivity contribution in [1.29, 1.82) is 0 Å². The lowest BCUT2D eigenvalue weighted by Gasteiger charge is -2.03. The number of non-ortho nitro benzene ring substituents is 1. The van der Waals surface area contributed by atoms with Gasteiger partial charge in [0.1, 0.15) is 0 Å². The van der Waals surface area contributed by atoms with E-state index in [1.54, 1.807) is 0 Å². The molecule has 1 aromatic rings. The summed E-state index contributed by atoms with van der Waals surface area (Å²) in [6.45, 7) is 0. The third-order valence-corrected chi connectivity index (χ3v) is 2.54. The highest BCUT2D eigenvalue weighted by molar-refractivity contribution is 14.1. The zero-order valence-corrected chi connectivity index (χ0v) is 9.85. The van der Waals surface area contributed by atoms with Crippen molar-refractivity contribution in [3.63, 3.8) is 0 Å². The summed E-state index contributed by atoms with van der Waals surface area (Å²) in [5, 5.41) is 10.5. The van der Waals surface area contributed by atoms with Crippen LogP contribution in [0.1, 0.15) is 10.4 Å². The molecule has 1 amide bonds. The summed E-state index contributed by atoms with van der Waals surface area (Å²) >= 11 is 1.92. The molecule has 0 spiro atoms. The van der Waals surface area contributed by atoms with Gasteiger partial charge in [0.2, 0.25) is 0 Å². The second-order valence-electron chi connectivity index (χ2n) is 2.56.